The molecule has 0 fully saturated rings. The van der Waals surface area contributed by atoms with Crippen LogP contribution in [0.2, 0.25) is 0 Å². The predicted octanol–water partition coefficient (Wildman–Crippen LogP) is 4.15. The molecule has 0 radical (unpaired) electrons. The third-order valence-corrected chi connectivity index (χ3v) is 5.98. The quantitative estimate of drug-likeness (QED) is 0.698. The van der Waals surface area contributed by atoms with Gasteiger partial charge in [-0.1, -0.05) is 36.4 Å². The van der Waals surface area contributed by atoms with E-state index in [1.165, 1.54) is 4.31 Å². The molecule has 0 aliphatic rings. The van der Waals surface area contributed by atoms with Crippen molar-refractivity contribution >= 4 is 27.3 Å². The van der Waals surface area contributed by atoms with E-state index in [0.29, 0.717) is 16.9 Å². The van der Waals surface area contributed by atoms with Gasteiger partial charge >= 0.3 is 0 Å². The minimum atomic E-state index is -3.65. The first-order valence-electron chi connectivity index (χ1n) is 8.56. The minimum absolute atomic E-state index is 0.234. The number of nitrogens with zero attached hydrogens (tertiary/aromatic N) is 1. The zero-order chi connectivity index (χ0) is 19.3. The number of sulfonamides is 1. The normalized spacial score (nSPS) is 11.0. The second-order valence-corrected chi connectivity index (χ2v) is 7.71. The number of nitrogens with one attached hydrogen (secondary N) is 1. The summed E-state index contributed by atoms with van der Waals surface area (Å²) in [5.74, 6) is -0.248. The summed E-state index contributed by atoms with van der Waals surface area (Å²) in [4.78, 5) is 12.6. The van der Waals surface area contributed by atoms with Crippen LogP contribution in [0.5, 0.6) is 0 Å². The van der Waals surface area contributed by atoms with Crippen LogP contribution in [0.1, 0.15) is 17.3 Å². The fourth-order valence-corrected chi connectivity index (χ4v) is 4.21. The Morgan fingerprint density at radius 1 is 0.852 bits per heavy atom. The second kappa shape index (κ2) is 8.05. The highest BCUT2D eigenvalue weighted by molar-refractivity contribution is 7.92. The van der Waals surface area contributed by atoms with E-state index in [4.69, 9.17) is 0 Å². The first kappa shape index (κ1) is 18.7. The lowest BCUT2D eigenvalue weighted by Gasteiger charge is -2.23. The lowest BCUT2D eigenvalue weighted by Crippen LogP contribution is -2.30. The molecule has 0 unspecified atom stereocenters. The van der Waals surface area contributed by atoms with Crippen LogP contribution in [-0.4, -0.2) is 20.9 Å². The van der Waals surface area contributed by atoms with Gasteiger partial charge in [0.15, 0.2) is 0 Å². The van der Waals surface area contributed by atoms with Crippen LogP contribution >= 0.6 is 0 Å². The predicted molar refractivity (Wildman–Crippen MR) is 107 cm³/mol. The molecule has 3 aromatic rings. The summed E-state index contributed by atoms with van der Waals surface area (Å²) in [5, 5.41) is 2.81. The summed E-state index contributed by atoms with van der Waals surface area (Å²) in [6.45, 7) is 2.06. The van der Waals surface area contributed by atoms with Gasteiger partial charge in [-0.3, -0.25) is 9.10 Å². The van der Waals surface area contributed by atoms with Crippen molar-refractivity contribution in [1.29, 1.82) is 0 Å². The van der Waals surface area contributed by atoms with Gasteiger partial charge < -0.3 is 5.32 Å². The molecule has 0 spiro atoms. The standard InChI is InChI=1S/C21H20N2O3S/c1-2-23(27(25,26)20-11-7-4-8-12-20)19-15-13-17(14-16-19)21(24)22-18-9-5-3-6-10-18/h3-16H,2H2,1H3,(H,22,24). The van der Waals surface area contributed by atoms with Crippen molar-refractivity contribution in [3.05, 3.63) is 90.5 Å². The lowest BCUT2D eigenvalue weighted by molar-refractivity contribution is 0.102. The molecule has 0 heterocycles. The summed E-state index contributed by atoms with van der Waals surface area (Å²) < 4.78 is 27.1. The summed E-state index contributed by atoms with van der Waals surface area (Å²) in [7, 11) is -3.65. The fourth-order valence-electron chi connectivity index (χ4n) is 2.71. The fraction of sp³-hybridized carbons (Fsp3) is 0.0952. The maximum atomic E-state index is 12.9. The molecule has 0 saturated heterocycles. The Morgan fingerprint density at radius 2 is 1.41 bits per heavy atom. The van der Waals surface area contributed by atoms with E-state index in [9.17, 15) is 13.2 Å². The highest BCUT2D eigenvalue weighted by Crippen LogP contribution is 2.24. The molecule has 0 atom stereocenters. The van der Waals surface area contributed by atoms with Gasteiger partial charge in [-0.05, 0) is 55.5 Å². The highest BCUT2D eigenvalue weighted by Gasteiger charge is 2.23. The average Bonchev–Trinajstić information content (AvgIpc) is 2.70. The van der Waals surface area contributed by atoms with Crippen molar-refractivity contribution in [3.63, 3.8) is 0 Å². The smallest absolute Gasteiger partial charge is 0.264 e. The number of para-hydroxylation sites is 1. The monoisotopic (exact) mass is 380 g/mol. The first-order chi connectivity index (χ1) is 13.0. The molecule has 0 aromatic heterocycles. The van der Waals surface area contributed by atoms with Crippen LogP contribution in [0.15, 0.2) is 89.8 Å². The van der Waals surface area contributed by atoms with Crippen LogP contribution in [0, 0.1) is 0 Å². The van der Waals surface area contributed by atoms with E-state index in [2.05, 4.69) is 5.32 Å². The Morgan fingerprint density at radius 3 is 1.96 bits per heavy atom. The summed E-state index contributed by atoms with van der Waals surface area (Å²) in [5.41, 5.74) is 1.67. The number of amides is 1. The Balaban J connectivity index is 1.82. The Hall–Kier alpha value is -3.12. The number of hydrogen-bond donors (Lipinski definition) is 1. The molecule has 138 valence electrons. The summed E-state index contributed by atoms with van der Waals surface area (Å²) in [6.07, 6.45) is 0. The molecule has 5 nitrogen and oxygen atoms in total. The molecular formula is C21H20N2O3S. The summed E-state index contributed by atoms with van der Waals surface area (Å²) in [6, 6.07) is 24.0. The number of carbonyl (C=O) groups is 1. The number of carbonyl (C=O) groups excluding carboxylic acids is 1. The molecular weight excluding hydrogens is 360 g/mol. The molecule has 0 aliphatic carbocycles. The van der Waals surface area contributed by atoms with Gasteiger partial charge in [-0.2, -0.15) is 0 Å². The third-order valence-electron chi connectivity index (χ3n) is 4.07. The van der Waals surface area contributed by atoms with Gasteiger partial charge in [-0.15, -0.1) is 0 Å². The van der Waals surface area contributed by atoms with Crippen molar-refractivity contribution in [1.82, 2.24) is 0 Å². The molecule has 6 heteroatoms. The van der Waals surface area contributed by atoms with E-state index in [-0.39, 0.29) is 17.3 Å². The van der Waals surface area contributed by atoms with Gasteiger partial charge in [0.1, 0.15) is 0 Å². The molecule has 1 N–H and O–H groups in total. The topological polar surface area (TPSA) is 66.5 Å². The van der Waals surface area contributed by atoms with Gasteiger partial charge in [0.05, 0.1) is 10.6 Å². The van der Waals surface area contributed by atoms with E-state index < -0.39 is 10.0 Å². The van der Waals surface area contributed by atoms with Crippen LogP contribution in [0.4, 0.5) is 11.4 Å². The van der Waals surface area contributed by atoms with Gasteiger partial charge in [-0.25, -0.2) is 8.42 Å². The number of anilines is 2. The molecule has 1 amide bonds. The van der Waals surface area contributed by atoms with Gasteiger partial charge in [0.25, 0.3) is 15.9 Å². The van der Waals surface area contributed by atoms with Crippen molar-refractivity contribution in [2.45, 2.75) is 11.8 Å². The van der Waals surface area contributed by atoms with E-state index in [1.807, 2.05) is 18.2 Å². The van der Waals surface area contributed by atoms with Crippen molar-refractivity contribution < 1.29 is 13.2 Å². The lowest BCUT2D eigenvalue weighted by atomic mass is 10.2. The van der Waals surface area contributed by atoms with E-state index >= 15 is 0 Å². The molecule has 27 heavy (non-hydrogen) atoms. The van der Waals surface area contributed by atoms with Gasteiger partial charge in [0, 0.05) is 17.8 Å². The van der Waals surface area contributed by atoms with Crippen LogP contribution in [-0.2, 0) is 10.0 Å². The van der Waals surface area contributed by atoms with Crippen LogP contribution < -0.4 is 9.62 Å². The SMILES string of the molecule is CCN(c1ccc(C(=O)Nc2ccccc2)cc1)S(=O)(=O)c1ccccc1. The maximum absolute atomic E-state index is 12.9. The largest absolute Gasteiger partial charge is 0.322 e. The summed E-state index contributed by atoms with van der Waals surface area (Å²) >= 11 is 0. The molecule has 0 saturated carbocycles. The number of hydrogen-bond acceptors (Lipinski definition) is 3. The van der Waals surface area contributed by atoms with Crippen LogP contribution in [0.25, 0.3) is 0 Å². The average molecular weight is 380 g/mol. The van der Waals surface area contributed by atoms with Crippen molar-refractivity contribution in [2.24, 2.45) is 0 Å². The number of rotatable bonds is 6. The first-order valence-corrected chi connectivity index (χ1v) is 10.0. The third kappa shape index (κ3) is 4.17. The maximum Gasteiger partial charge on any atom is 0.264 e. The van der Waals surface area contributed by atoms with E-state index in [1.54, 1.807) is 73.7 Å². The Labute approximate surface area is 159 Å². The van der Waals surface area contributed by atoms with Crippen molar-refractivity contribution in [2.75, 3.05) is 16.2 Å². The molecule has 3 rings (SSSR count). The molecule has 3 aromatic carbocycles. The van der Waals surface area contributed by atoms with E-state index in [0.717, 1.165) is 0 Å². The second-order valence-electron chi connectivity index (χ2n) is 5.85. The number of benzene rings is 3. The van der Waals surface area contributed by atoms with Crippen molar-refractivity contribution in [3.8, 4) is 0 Å². The zero-order valence-electron chi connectivity index (χ0n) is 14.9. The zero-order valence-corrected chi connectivity index (χ0v) is 15.7. The Kier molecular flexibility index (Phi) is 5.57. The van der Waals surface area contributed by atoms with Gasteiger partial charge in [0.2, 0.25) is 0 Å². The minimum Gasteiger partial charge on any atom is -0.322 e. The highest BCUT2D eigenvalue weighted by atomic mass is 32.2. The Bertz CT molecular complexity index is 1000. The molecule has 0 aliphatic heterocycles. The van der Waals surface area contributed by atoms with Crippen LogP contribution in [0.3, 0.4) is 0 Å². The molecule has 0 bridgehead atoms.